The second kappa shape index (κ2) is 10.1. The number of fused-ring (bicyclic) bond motifs is 1. The number of piperazine rings is 1. The minimum Gasteiger partial charge on any atom is -0.508 e. The minimum atomic E-state index is -0.0653. The predicted molar refractivity (Wildman–Crippen MR) is 147 cm³/mol. The van der Waals surface area contributed by atoms with Gasteiger partial charge in [0.05, 0.1) is 22.3 Å². The van der Waals surface area contributed by atoms with Crippen molar-refractivity contribution >= 4 is 40.7 Å². The second-order valence-corrected chi connectivity index (χ2v) is 9.55. The van der Waals surface area contributed by atoms with Crippen LogP contribution in [0.1, 0.15) is 34.5 Å². The van der Waals surface area contributed by atoms with Crippen molar-refractivity contribution in [2.75, 3.05) is 37.6 Å². The van der Waals surface area contributed by atoms with Gasteiger partial charge in [-0.15, -0.1) is 0 Å². The number of aromatic amines is 1. The largest absolute Gasteiger partial charge is 0.508 e. The lowest BCUT2D eigenvalue weighted by molar-refractivity contribution is -0.117. The van der Waals surface area contributed by atoms with Gasteiger partial charge in [0, 0.05) is 50.4 Å². The highest BCUT2D eigenvalue weighted by molar-refractivity contribution is 6.09. The molecule has 9 heteroatoms. The minimum absolute atomic E-state index is 0.0653. The summed E-state index contributed by atoms with van der Waals surface area (Å²) < 4.78 is 0. The highest BCUT2D eigenvalue weighted by Gasteiger charge is 2.24. The number of phenolic OH excluding ortho intramolecular Hbond substituents is 1. The van der Waals surface area contributed by atoms with Crippen molar-refractivity contribution in [3.8, 4) is 17.0 Å². The topological polar surface area (TPSA) is 114 Å². The summed E-state index contributed by atoms with van der Waals surface area (Å²) in [7, 11) is 0. The molecule has 0 bridgehead atoms. The van der Waals surface area contributed by atoms with Crippen molar-refractivity contribution in [2.24, 2.45) is 0 Å². The van der Waals surface area contributed by atoms with Gasteiger partial charge in [-0.3, -0.25) is 14.7 Å². The average molecular weight is 509 g/mol. The zero-order chi connectivity index (χ0) is 26.1. The molecule has 2 aliphatic rings. The van der Waals surface area contributed by atoms with E-state index in [4.69, 9.17) is 4.98 Å². The van der Waals surface area contributed by atoms with Gasteiger partial charge in [-0.1, -0.05) is 18.2 Å². The number of nitrogens with zero attached hydrogens (tertiary/aromatic N) is 4. The van der Waals surface area contributed by atoms with E-state index in [-0.39, 0.29) is 17.6 Å². The zero-order valence-corrected chi connectivity index (χ0v) is 20.9. The van der Waals surface area contributed by atoms with Crippen molar-refractivity contribution in [1.82, 2.24) is 25.4 Å². The molecule has 3 N–H and O–H groups in total. The molecule has 2 aliphatic heterocycles. The number of carbonyl (C=O) groups excluding carboxylic acids is 2. The third-order valence-corrected chi connectivity index (χ3v) is 7.04. The Labute approximate surface area is 219 Å². The Kier molecular flexibility index (Phi) is 6.35. The Morgan fingerprint density at radius 2 is 1.82 bits per heavy atom. The molecule has 0 radical (unpaired) electrons. The van der Waals surface area contributed by atoms with E-state index < -0.39 is 0 Å². The van der Waals surface area contributed by atoms with E-state index in [0.717, 1.165) is 42.9 Å². The number of nitrogens with one attached hydrogen (secondary N) is 2. The van der Waals surface area contributed by atoms with E-state index in [0.29, 0.717) is 47.5 Å². The molecule has 4 heterocycles. The molecular weight excluding hydrogens is 480 g/mol. The number of anilines is 1. The molecule has 4 aromatic rings. The molecule has 2 aromatic carbocycles. The summed E-state index contributed by atoms with van der Waals surface area (Å²) in [4.78, 5) is 34.3. The third-order valence-electron chi connectivity index (χ3n) is 7.04. The van der Waals surface area contributed by atoms with Crippen molar-refractivity contribution in [3.63, 3.8) is 0 Å². The van der Waals surface area contributed by atoms with Crippen LogP contribution in [-0.4, -0.2) is 69.7 Å². The summed E-state index contributed by atoms with van der Waals surface area (Å²) in [6, 6.07) is 16.4. The predicted octanol–water partition coefficient (Wildman–Crippen LogP) is 3.67. The molecular formula is C29H28N6O3. The van der Waals surface area contributed by atoms with Gasteiger partial charge in [-0.2, -0.15) is 5.10 Å². The Morgan fingerprint density at radius 1 is 1.00 bits per heavy atom. The highest BCUT2D eigenvalue weighted by atomic mass is 16.3. The number of hydrogen-bond donors (Lipinski definition) is 3. The standard InChI is InChI=1S/C29H28N6O3/c36-22-9-7-20(8-10-22)25-18-23(29(38)34-15-12-30-13-16-34)27-24(32-33-28(27)31-25)11-6-19-3-1-4-21(17-19)35-14-2-5-26(35)37/h1,3-4,6-11,17-18,30,36H,2,5,12-16H2,(H,31,32,33)/b11-6+. The molecule has 0 saturated carbocycles. The Balaban J connectivity index is 1.40. The number of hydrogen-bond acceptors (Lipinski definition) is 6. The first-order chi connectivity index (χ1) is 18.6. The maximum atomic E-state index is 13.7. The van der Waals surface area contributed by atoms with Crippen molar-refractivity contribution in [2.45, 2.75) is 12.8 Å². The van der Waals surface area contributed by atoms with Crippen LogP contribution >= 0.6 is 0 Å². The van der Waals surface area contributed by atoms with Crippen molar-refractivity contribution < 1.29 is 14.7 Å². The zero-order valence-electron chi connectivity index (χ0n) is 20.9. The fourth-order valence-electron chi connectivity index (χ4n) is 5.05. The summed E-state index contributed by atoms with van der Waals surface area (Å²) in [6.45, 7) is 3.49. The molecule has 192 valence electrons. The van der Waals surface area contributed by atoms with Gasteiger partial charge in [-0.25, -0.2) is 4.98 Å². The van der Waals surface area contributed by atoms with Crippen LogP contribution in [0.3, 0.4) is 0 Å². The van der Waals surface area contributed by atoms with E-state index in [2.05, 4.69) is 15.5 Å². The fourth-order valence-corrected chi connectivity index (χ4v) is 5.05. The number of phenols is 1. The number of carbonyl (C=O) groups is 2. The quantitative estimate of drug-likeness (QED) is 0.379. The first-order valence-electron chi connectivity index (χ1n) is 12.8. The van der Waals surface area contributed by atoms with Crippen LogP contribution in [0, 0.1) is 0 Å². The summed E-state index contributed by atoms with van der Waals surface area (Å²) in [5.74, 6) is 0.250. The average Bonchev–Trinajstić information content (AvgIpc) is 3.58. The second-order valence-electron chi connectivity index (χ2n) is 9.55. The summed E-state index contributed by atoms with van der Waals surface area (Å²) in [5, 5.41) is 21.2. The van der Waals surface area contributed by atoms with Crippen LogP contribution in [0.25, 0.3) is 34.4 Å². The molecule has 2 aromatic heterocycles. The number of H-pyrrole nitrogens is 1. The lowest BCUT2D eigenvalue weighted by atomic mass is 10.0. The van der Waals surface area contributed by atoms with Gasteiger partial charge in [0.2, 0.25) is 5.91 Å². The number of pyridine rings is 1. The number of rotatable bonds is 5. The van der Waals surface area contributed by atoms with Crippen LogP contribution in [-0.2, 0) is 4.79 Å². The molecule has 2 fully saturated rings. The van der Waals surface area contributed by atoms with Crippen LogP contribution in [0.2, 0.25) is 0 Å². The monoisotopic (exact) mass is 508 g/mol. The highest BCUT2D eigenvalue weighted by Crippen LogP contribution is 2.29. The molecule has 2 saturated heterocycles. The van der Waals surface area contributed by atoms with Crippen LogP contribution < -0.4 is 10.2 Å². The van der Waals surface area contributed by atoms with Gasteiger partial charge in [-0.05, 0) is 60.5 Å². The molecule has 0 atom stereocenters. The Hall–Kier alpha value is -4.50. The smallest absolute Gasteiger partial charge is 0.254 e. The number of aromatic hydroxyl groups is 1. The Morgan fingerprint density at radius 3 is 2.58 bits per heavy atom. The summed E-state index contributed by atoms with van der Waals surface area (Å²) in [6.07, 6.45) is 5.27. The normalized spacial score (nSPS) is 16.2. The fraction of sp³-hybridized carbons (Fsp3) is 0.241. The molecule has 0 aliphatic carbocycles. The van der Waals surface area contributed by atoms with E-state index in [9.17, 15) is 14.7 Å². The van der Waals surface area contributed by atoms with E-state index in [1.807, 2.05) is 52.3 Å². The van der Waals surface area contributed by atoms with E-state index in [1.165, 1.54) is 0 Å². The number of benzene rings is 2. The SMILES string of the molecule is O=C(c1cc(-c2ccc(O)cc2)nc2[nH]nc(/C=C/c3cccc(N4CCCC4=O)c3)c12)N1CCNCC1. The van der Waals surface area contributed by atoms with E-state index in [1.54, 1.807) is 24.3 Å². The van der Waals surface area contributed by atoms with Gasteiger partial charge in [0.25, 0.3) is 5.91 Å². The van der Waals surface area contributed by atoms with Crippen LogP contribution in [0.5, 0.6) is 5.75 Å². The first kappa shape index (κ1) is 23.9. The Bertz CT molecular complexity index is 1540. The van der Waals surface area contributed by atoms with Crippen LogP contribution in [0.4, 0.5) is 5.69 Å². The molecule has 6 rings (SSSR count). The maximum Gasteiger partial charge on any atom is 0.254 e. The number of aromatic nitrogens is 3. The summed E-state index contributed by atoms with van der Waals surface area (Å²) >= 11 is 0. The van der Waals surface area contributed by atoms with Crippen LogP contribution in [0.15, 0.2) is 54.6 Å². The first-order valence-corrected chi connectivity index (χ1v) is 12.8. The van der Waals surface area contributed by atoms with Gasteiger partial charge < -0.3 is 20.2 Å². The molecule has 0 spiro atoms. The molecule has 38 heavy (non-hydrogen) atoms. The lowest BCUT2D eigenvalue weighted by Gasteiger charge is -2.27. The van der Waals surface area contributed by atoms with E-state index >= 15 is 0 Å². The molecule has 2 amide bonds. The van der Waals surface area contributed by atoms with Gasteiger partial charge in [0.15, 0.2) is 5.65 Å². The van der Waals surface area contributed by atoms with Crippen molar-refractivity contribution in [3.05, 3.63) is 71.4 Å². The third kappa shape index (κ3) is 4.64. The lowest BCUT2D eigenvalue weighted by Crippen LogP contribution is -2.46. The molecule has 0 unspecified atom stereocenters. The maximum absolute atomic E-state index is 13.7. The molecule has 9 nitrogen and oxygen atoms in total. The van der Waals surface area contributed by atoms with Gasteiger partial charge >= 0.3 is 0 Å². The van der Waals surface area contributed by atoms with Crippen molar-refractivity contribution in [1.29, 1.82) is 0 Å². The summed E-state index contributed by atoms with van der Waals surface area (Å²) in [5.41, 5.74) is 4.90. The van der Waals surface area contributed by atoms with Gasteiger partial charge in [0.1, 0.15) is 5.75 Å². The number of amides is 2.